The van der Waals surface area contributed by atoms with Gasteiger partial charge in [-0.05, 0) is 43.1 Å². The second-order valence-corrected chi connectivity index (χ2v) is 3.21. The van der Waals surface area contributed by atoms with Crippen LogP contribution >= 0.6 is 0 Å². The lowest BCUT2D eigenvalue weighted by Gasteiger charge is -2.08. The van der Waals surface area contributed by atoms with E-state index >= 15 is 0 Å². The van der Waals surface area contributed by atoms with Crippen molar-refractivity contribution < 1.29 is 4.39 Å². The molecule has 0 atom stereocenters. The molecule has 0 aromatic rings. The van der Waals surface area contributed by atoms with Gasteiger partial charge in [0.1, 0.15) is 5.83 Å². The monoisotopic (exact) mass is 190 g/mol. The Morgan fingerprint density at radius 2 is 2.36 bits per heavy atom. The third-order valence-electron chi connectivity index (χ3n) is 2.06. The Bertz CT molecular complexity index is 327. The lowest BCUT2D eigenvalue weighted by molar-refractivity contribution is 0.665. The van der Waals surface area contributed by atoms with Crippen LogP contribution in [0.5, 0.6) is 0 Å². The molecule has 1 heteroatoms. The van der Waals surface area contributed by atoms with Gasteiger partial charge in [0, 0.05) is 0 Å². The Balaban J connectivity index is 2.70. The van der Waals surface area contributed by atoms with E-state index in [4.69, 9.17) is 0 Å². The molecule has 1 aliphatic rings. The van der Waals surface area contributed by atoms with Crippen molar-refractivity contribution in [3.05, 3.63) is 60.0 Å². The van der Waals surface area contributed by atoms with Crippen molar-refractivity contribution >= 4 is 0 Å². The van der Waals surface area contributed by atoms with Gasteiger partial charge in [-0.3, -0.25) is 0 Å². The highest BCUT2D eigenvalue weighted by Gasteiger charge is 2.02. The van der Waals surface area contributed by atoms with Gasteiger partial charge in [-0.1, -0.05) is 30.9 Å². The molecule has 0 bridgehead atoms. The highest BCUT2D eigenvalue weighted by Crippen LogP contribution is 2.21. The molecule has 1 rings (SSSR count). The summed E-state index contributed by atoms with van der Waals surface area (Å²) in [5.74, 6) is -0.243. The summed E-state index contributed by atoms with van der Waals surface area (Å²) < 4.78 is 13.1. The van der Waals surface area contributed by atoms with Crippen molar-refractivity contribution in [2.24, 2.45) is 0 Å². The van der Waals surface area contributed by atoms with Gasteiger partial charge in [0.2, 0.25) is 0 Å². The summed E-state index contributed by atoms with van der Waals surface area (Å²) in [6, 6.07) is 0. The van der Waals surface area contributed by atoms with Crippen molar-refractivity contribution in [1.82, 2.24) is 0 Å². The van der Waals surface area contributed by atoms with E-state index in [0.29, 0.717) is 0 Å². The fraction of sp³-hybridized carbons (Fsp3) is 0.231. The van der Waals surface area contributed by atoms with E-state index in [1.165, 1.54) is 12.2 Å². The van der Waals surface area contributed by atoms with Crippen molar-refractivity contribution in [3.63, 3.8) is 0 Å². The van der Waals surface area contributed by atoms with Crippen LogP contribution in [0.4, 0.5) is 4.39 Å². The van der Waals surface area contributed by atoms with Gasteiger partial charge in [-0.25, -0.2) is 4.39 Å². The van der Waals surface area contributed by atoms with Crippen LogP contribution < -0.4 is 0 Å². The van der Waals surface area contributed by atoms with Gasteiger partial charge < -0.3 is 0 Å². The lowest BCUT2D eigenvalue weighted by atomic mass is 9.98. The van der Waals surface area contributed by atoms with Gasteiger partial charge in [-0.15, -0.1) is 0 Å². The molecule has 0 aromatic heterocycles. The summed E-state index contributed by atoms with van der Waals surface area (Å²) in [6.07, 6.45) is 12.6. The topological polar surface area (TPSA) is 0 Å². The first-order valence-corrected chi connectivity index (χ1v) is 4.79. The minimum atomic E-state index is -0.243. The molecule has 0 aliphatic heterocycles. The molecule has 0 saturated heterocycles. The number of allylic oxidation sites excluding steroid dienone is 9. The molecule has 0 nitrogen and oxygen atoms in total. The van der Waals surface area contributed by atoms with Crippen LogP contribution in [0.25, 0.3) is 0 Å². The van der Waals surface area contributed by atoms with Gasteiger partial charge in [0.05, 0.1) is 0 Å². The fourth-order valence-electron chi connectivity index (χ4n) is 1.34. The first-order chi connectivity index (χ1) is 6.74. The van der Waals surface area contributed by atoms with Crippen molar-refractivity contribution in [2.45, 2.75) is 19.8 Å². The van der Waals surface area contributed by atoms with Gasteiger partial charge in [0.15, 0.2) is 0 Å². The second-order valence-electron chi connectivity index (χ2n) is 3.21. The molecular formula is C13H15F. The van der Waals surface area contributed by atoms with Crippen molar-refractivity contribution in [2.75, 3.05) is 0 Å². The van der Waals surface area contributed by atoms with E-state index in [1.54, 1.807) is 13.0 Å². The van der Waals surface area contributed by atoms with Gasteiger partial charge >= 0.3 is 0 Å². The van der Waals surface area contributed by atoms with Crippen LogP contribution in [0, 0.1) is 0 Å². The molecule has 0 amide bonds. The Morgan fingerprint density at radius 1 is 1.57 bits per heavy atom. The summed E-state index contributed by atoms with van der Waals surface area (Å²) in [5.41, 5.74) is 1.89. The Labute approximate surface area is 84.8 Å². The predicted octanol–water partition coefficient (Wildman–Crippen LogP) is 4.25. The minimum Gasteiger partial charge on any atom is -0.207 e. The zero-order valence-corrected chi connectivity index (χ0v) is 8.46. The van der Waals surface area contributed by atoms with Crippen LogP contribution in [0.3, 0.4) is 0 Å². The van der Waals surface area contributed by atoms with Crippen molar-refractivity contribution in [1.29, 1.82) is 0 Å². The standard InChI is InChI=1S/C13H15F/c1-3-7-13(14)10-11(2)12-8-5-4-6-9-12/h3-5,7-8,10H,2,6,9H2,1H3/b7-3-,13-10+. The molecule has 74 valence electrons. The fourth-order valence-corrected chi connectivity index (χ4v) is 1.34. The number of halogens is 1. The van der Waals surface area contributed by atoms with Crippen LogP contribution in [-0.2, 0) is 0 Å². The highest BCUT2D eigenvalue weighted by atomic mass is 19.1. The summed E-state index contributed by atoms with van der Waals surface area (Å²) in [6.45, 7) is 5.64. The zero-order chi connectivity index (χ0) is 10.4. The molecule has 0 radical (unpaired) electrons. The Morgan fingerprint density at radius 3 is 2.93 bits per heavy atom. The average molecular weight is 190 g/mol. The van der Waals surface area contributed by atoms with Gasteiger partial charge in [0.25, 0.3) is 0 Å². The average Bonchev–Trinajstić information content (AvgIpc) is 2.19. The molecule has 0 heterocycles. The van der Waals surface area contributed by atoms with Crippen LogP contribution in [0.15, 0.2) is 60.0 Å². The molecule has 0 fully saturated rings. The normalized spacial score (nSPS) is 17.3. The molecule has 0 spiro atoms. The first-order valence-electron chi connectivity index (χ1n) is 4.79. The highest BCUT2D eigenvalue weighted by molar-refractivity contribution is 5.42. The maximum absolute atomic E-state index is 13.1. The van der Waals surface area contributed by atoms with Crippen molar-refractivity contribution in [3.8, 4) is 0 Å². The van der Waals surface area contributed by atoms with E-state index in [2.05, 4.69) is 12.7 Å². The van der Waals surface area contributed by atoms with Crippen LogP contribution in [0.1, 0.15) is 19.8 Å². The quantitative estimate of drug-likeness (QED) is 0.584. The van der Waals surface area contributed by atoms with Crippen LogP contribution in [0.2, 0.25) is 0 Å². The maximum Gasteiger partial charge on any atom is 0.123 e. The lowest BCUT2D eigenvalue weighted by Crippen LogP contribution is -1.89. The first kappa shape index (κ1) is 10.7. The number of hydrogen-bond donors (Lipinski definition) is 0. The number of hydrogen-bond acceptors (Lipinski definition) is 0. The third-order valence-corrected chi connectivity index (χ3v) is 2.06. The Kier molecular flexibility index (Phi) is 4.11. The summed E-state index contributed by atoms with van der Waals surface area (Å²) >= 11 is 0. The zero-order valence-electron chi connectivity index (χ0n) is 8.46. The van der Waals surface area contributed by atoms with E-state index in [9.17, 15) is 4.39 Å². The summed E-state index contributed by atoms with van der Waals surface area (Å²) in [5, 5.41) is 0. The largest absolute Gasteiger partial charge is 0.207 e. The van der Waals surface area contributed by atoms with E-state index < -0.39 is 0 Å². The SMILES string of the molecule is C=C(/C=C(F)\C=C/C)C1=CC=CCC1. The molecule has 0 aromatic carbocycles. The molecule has 0 N–H and O–H groups in total. The van der Waals surface area contributed by atoms with E-state index in [1.807, 2.05) is 12.2 Å². The van der Waals surface area contributed by atoms with Gasteiger partial charge in [-0.2, -0.15) is 0 Å². The smallest absolute Gasteiger partial charge is 0.123 e. The third kappa shape index (κ3) is 3.17. The Hall–Kier alpha value is -1.37. The molecule has 0 saturated carbocycles. The molecule has 1 aliphatic carbocycles. The number of rotatable bonds is 3. The molecule has 14 heavy (non-hydrogen) atoms. The second kappa shape index (κ2) is 5.38. The van der Waals surface area contributed by atoms with Crippen LogP contribution in [-0.4, -0.2) is 0 Å². The van der Waals surface area contributed by atoms with E-state index in [0.717, 1.165) is 24.0 Å². The maximum atomic E-state index is 13.1. The molecule has 0 unspecified atom stereocenters. The predicted molar refractivity (Wildman–Crippen MR) is 59.6 cm³/mol. The minimum absolute atomic E-state index is 0.243. The summed E-state index contributed by atoms with van der Waals surface area (Å²) in [7, 11) is 0. The van der Waals surface area contributed by atoms with E-state index in [-0.39, 0.29) is 5.83 Å². The summed E-state index contributed by atoms with van der Waals surface area (Å²) in [4.78, 5) is 0. The molecular weight excluding hydrogens is 175 g/mol.